The van der Waals surface area contributed by atoms with E-state index < -0.39 is 5.60 Å². The van der Waals surface area contributed by atoms with Crippen LogP contribution in [-0.2, 0) is 4.74 Å². The number of alkyl carbamates (subject to hydrolysis) is 1. The number of hydrogen-bond donors (Lipinski definition) is 2. The van der Waals surface area contributed by atoms with Gasteiger partial charge in [0.15, 0.2) is 0 Å². The third kappa shape index (κ3) is 2.63. The van der Waals surface area contributed by atoms with Crippen LogP contribution >= 0.6 is 0 Å². The van der Waals surface area contributed by atoms with Crippen molar-refractivity contribution in [3.05, 3.63) is 12.2 Å². The van der Waals surface area contributed by atoms with Crippen LogP contribution in [-0.4, -0.2) is 24.3 Å². The first-order chi connectivity index (χ1) is 7.90. The van der Waals surface area contributed by atoms with Crippen LogP contribution in [0.3, 0.4) is 0 Å². The molecule has 2 bridgehead atoms. The molecule has 0 aromatic rings. The molecule has 1 amide bonds. The van der Waals surface area contributed by atoms with Gasteiger partial charge in [-0.1, -0.05) is 12.2 Å². The van der Waals surface area contributed by atoms with Crippen LogP contribution in [0.25, 0.3) is 0 Å². The van der Waals surface area contributed by atoms with E-state index in [9.17, 15) is 4.79 Å². The predicted molar refractivity (Wildman–Crippen MR) is 66.4 cm³/mol. The highest BCUT2D eigenvalue weighted by atomic mass is 16.6. The quantitative estimate of drug-likeness (QED) is 0.719. The van der Waals surface area contributed by atoms with E-state index in [2.05, 4.69) is 17.5 Å². The lowest BCUT2D eigenvalue weighted by atomic mass is 9.89. The van der Waals surface area contributed by atoms with E-state index in [1.165, 1.54) is 0 Å². The molecule has 4 heteroatoms. The third-order valence-corrected chi connectivity index (χ3v) is 3.58. The highest BCUT2D eigenvalue weighted by molar-refractivity contribution is 5.68. The maximum absolute atomic E-state index is 11.8. The lowest BCUT2D eigenvalue weighted by molar-refractivity contribution is 0.0482. The average molecular weight is 238 g/mol. The summed E-state index contributed by atoms with van der Waals surface area (Å²) >= 11 is 0. The first-order valence-corrected chi connectivity index (χ1v) is 6.28. The summed E-state index contributed by atoms with van der Waals surface area (Å²) in [6.45, 7) is 6.22. The molecule has 1 fully saturated rings. The first-order valence-electron chi connectivity index (χ1n) is 6.28. The minimum absolute atomic E-state index is 0.143. The zero-order valence-corrected chi connectivity index (χ0v) is 10.8. The second-order valence-corrected chi connectivity index (χ2v) is 6.02. The highest BCUT2D eigenvalue weighted by Crippen LogP contribution is 2.43. The Morgan fingerprint density at radius 1 is 1.41 bits per heavy atom. The molecule has 2 rings (SSSR count). The Morgan fingerprint density at radius 2 is 2.06 bits per heavy atom. The van der Waals surface area contributed by atoms with Crippen LogP contribution in [0.5, 0.6) is 0 Å². The third-order valence-electron chi connectivity index (χ3n) is 3.58. The topological polar surface area (TPSA) is 64.3 Å². The Kier molecular flexibility index (Phi) is 3.17. The molecule has 4 nitrogen and oxygen atoms in total. The van der Waals surface area contributed by atoms with Gasteiger partial charge in [0.05, 0.1) is 0 Å². The van der Waals surface area contributed by atoms with Crippen molar-refractivity contribution in [1.82, 2.24) is 5.32 Å². The summed E-state index contributed by atoms with van der Waals surface area (Å²) in [5.41, 5.74) is 5.34. The monoisotopic (exact) mass is 238 g/mol. The molecule has 0 radical (unpaired) electrons. The molecule has 3 N–H and O–H groups in total. The smallest absolute Gasteiger partial charge is 0.407 e. The lowest BCUT2D eigenvalue weighted by Crippen LogP contribution is -2.47. The van der Waals surface area contributed by atoms with Crippen LogP contribution in [0.4, 0.5) is 4.79 Å². The van der Waals surface area contributed by atoms with Gasteiger partial charge in [-0.05, 0) is 51.5 Å². The standard InChI is InChI=1S/C13H22N2O2/c1-13(2,3)17-12(16)15-11-9-5-4-8(6-9)10(11)7-14/h4-5,8-11H,6-7,14H2,1-3H3,(H,15,16)/t8?,9?,10-,11+/m0/s1. The number of carbonyl (C=O) groups excluding carboxylic acids is 1. The molecule has 0 heterocycles. The summed E-state index contributed by atoms with van der Waals surface area (Å²) in [4.78, 5) is 11.8. The molecule has 1 saturated carbocycles. The van der Waals surface area contributed by atoms with E-state index in [4.69, 9.17) is 10.5 Å². The largest absolute Gasteiger partial charge is 0.444 e. The van der Waals surface area contributed by atoms with Crippen molar-refractivity contribution in [2.24, 2.45) is 23.5 Å². The molecule has 96 valence electrons. The van der Waals surface area contributed by atoms with Crippen LogP contribution in [0.2, 0.25) is 0 Å². The number of nitrogens with two attached hydrogens (primary N) is 1. The summed E-state index contributed by atoms with van der Waals surface area (Å²) in [5.74, 6) is 1.32. The van der Waals surface area contributed by atoms with E-state index in [0.29, 0.717) is 24.3 Å². The van der Waals surface area contributed by atoms with Gasteiger partial charge in [-0.25, -0.2) is 4.79 Å². The van der Waals surface area contributed by atoms with E-state index in [-0.39, 0.29) is 12.1 Å². The predicted octanol–water partition coefficient (Wildman–Crippen LogP) is 1.66. The van der Waals surface area contributed by atoms with Gasteiger partial charge in [-0.3, -0.25) is 0 Å². The second kappa shape index (κ2) is 4.33. The minimum atomic E-state index is -0.449. The van der Waals surface area contributed by atoms with Crippen molar-refractivity contribution in [1.29, 1.82) is 0 Å². The zero-order chi connectivity index (χ0) is 12.6. The lowest BCUT2D eigenvalue weighted by Gasteiger charge is -2.29. The fourth-order valence-corrected chi connectivity index (χ4v) is 2.90. The Bertz CT molecular complexity index is 333. The van der Waals surface area contributed by atoms with E-state index in [1.807, 2.05) is 20.8 Å². The summed E-state index contributed by atoms with van der Waals surface area (Å²) in [7, 11) is 0. The number of rotatable bonds is 2. The molecule has 17 heavy (non-hydrogen) atoms. The number of ether oxygens (including phenoxy) is 1. The van der Waals surface area contributed by atoms with Crippen LogP contribution in [0, 0.1) is 17.8 Å². The molecule has 4 atom stereocenters. The molecule has 0 saturated heterocycles. The summed E-state index contributed by atoms with van der Waals surface area (Å²) < 4.78 is 5.29. The van der Waals surface area contributed by atoms with Gasteiger partial charge in [0.1, 0.15) is 5.60 Å². The zero-order valence-electron chi connectivity index (χ0n) is 10.8. The van der Waals surface area contributed by atoms with E-state index in [1.54, 1.807) is 0 Å². The van der Waals surface area contributed by atoms with Gasteiger partial charge in [-0.2, -0.15) is 0 Å². The van der Waals surface area contributed by atoms with Crippen molar-refractivity contribution < 1.29 is 9.53 Å². The van der Waals surface area contributed by atoms with Crippen LogP contribution in [0.15, 0.2) is 12.2 Å². The normalized spacial score (nSPS) is 35.1. The number of hydrogen-bond acceptors (Lipinski definition) is 3. The fraction of sp³-hybridized carbons (Fsp3) is 0.769. The van der Waals surface area contributed by atoms with Crippen molar-refractivity contribution in [3.8, 4) is 0 Å². The molecule has 0 aromatic heterocycles. The van der Waals surface area contributed by atoms with Crippen LogP contribution in [0.1, 0.15) is 27.2 Å². The maximum atomic E-state index is 11.8. The highest BCUT2D eigenvalue weighted by Gasteiger charge is 2.44. The van der Waals surface area contributed by atoms with Gasteiger partial charge >= 0.3 is 6.09 Å². The number of allylic oxidation sites excluding steroid dienone is 1. The molecule has 0 spiro atoms. The molecule has 2 unspecified atom stereocenters. The second-order valence-electron chi connectivity index (χ2n) is 6.02. The number of carbonyl (C=O) groups is 1. The van der Waals surface area contributed by atoms with Gasteiger partial charge in [-0.15, -0.1) is 0 Å². The van der Waals surface area contributed by atoms with Gasteiger partial charge < -0.3 is 15.8 Å². The Labute approximate surface area is 103 Å². The number of amides is 1. The Balaban J connectivity index is 1.95. The van der Waals surface area contributed by atoms with Gasteiger partial charge in [0.25, 0.3) is 0 Å². The van der Waals surface area contributed by atoms with Crippen molar-refractivity contribution in [2.45, 2.75) is 38.8 Å². The molecular weight excluding hydrogens is 216 g/mol. The summed E-state index contributed by atoms with van der Waals surface area (Å²) in [6, 6.07) is 0.143. The SMILES string of the molecule is CC(C)(C)OC(=O)N[C@@H]1C2C=CC(C2)[C@@H]1CN. The molecule has 0 aromatic carbocycles. The first kappa shape index (κ1) is 12.4. The van der Waals surface area contributed by atoms with Crippen molar-refractivity contribution in [3.63, 3.8) is 0 Å². The summed E-state index contributed by atoms with van der Waals surface area (Å²) in [5, 5.41) is 2.98. The molecule has 0 aliphatic heterocycles. The Morgan fingerprint density at radius 3 is 2.65 bits per heavy atom. The minimum Gasteiger partial charge on any atom is -0.444 e. The fourth-order valence-electron chi connectivity index (χ4n) is 2.90. The molecular formula is C13H22N2O2. The van der Waals surface area contributed by atoms with Gasteiger partial charge in [0.2, 0.25) is 0 Å². The van der Waals surface area contributed by atoms with Crippen molar-refractivity contribution >= 4 is 6.09 Å². The van der Waals surface area contributed by atoms with Gasteiger partial charge in [0, 0.05) is 6.04 Å². The van der Waals surface area contributed by atoms with E-state index in [0.717, 1.165) is 6.42 Å². The summed E-state index contributed by atoms with van der Waals surface area (Å²) in [6.07, 6.45) is 5.21. The molecule has 2 aliphatic rings. The maximum Gasteiger partial charge on any atom is 0.407 e. The molecule has 2 aliphatic carbocycles. The Hall–Kier alpha value is -1.03. The van der Waals surface area contributed by atoms with E-state index >= 15 is 0 Å². The average Bonchev–Trinajstić information content (AvgIpc) is 2.74. The van der Waals surface area contributed by atoms with Crippen molar-refractivity contribution in [2.75, 3.05) is 6.54 Å². The number of nitrogens with one attached hydrogen (secondary N) is 1. The number of fused-ring (bicyclic) bond motifs is 2. The van der Waals surface area contributed by atoms with Crippen LogP contribution < -0.4 is 11.1 Å².